The smallest absolute Gasteiger partial charge is 0.220 e. The van der Waals surface area contributed by atoms with Gasteiger partial charge in [0.2, 0.25) is 5.91 Å². The highest BCUT2D eigenvalue weighted by Gasteiger charge is 2.53. The Balaban J connectivity index is 1.46. The number of aliphatic hydroxyl groups excluding tert-OH is 11. The Morgan fingerprint density at radius 1 is 0.422 bits per heavy atom. The Labute approximate surface area is 498 Å². The second-order valence-electron chi connectivity index (χ2n) is 23.9. The summed E-state index contributed by atoms with van der Waals surface area (Å²) in [6.07, 6.45) is 24.6. The first-order valence-electron chi connectivity index (χ1n) is 33.1. The molecule has 0 spiro atoms. The van der Waals surface area contributed by atoms with E-state index < -0.39 is 124 Å². The summed E-state index contributed by atoms with van der Waals surface area (Å²) in [7, 11) is 0. The predicted octanol–water partition coefficient (Wildman–Crippen LogP) is 7.49. The van der Waals surface area contributed by atoms with Crippen LogP contribution in [0.5, 0.6) is 0 Å². The van der Waals surface area contributed by atoms with E-state index in [1.807, 2.05) is 6.08 Å². The second-order valence-corrected chi connectivity index (χ2v) is 23.9. The topological polar surface area (TPSA) is 307 Å². The van der Waals surface area contributed by atoms with Gasteiger partial charge in [0.05, 0.1) is 38.6 Å². The molecule has 0 bridgehead atoms. The Morgan fingerprint density at radius 2 is 0.771 bits per heavy atom. The Bertz CT molecular complexity index is 1610. The molecule has 3 heterocycles. The molecule has 17 unspecified atom stereocenters. The van der Waals surface area contributed by atoms with Crippen LogP contribution in [0.3, 0.4) is 0 Å². The van der Waals surface area contributed by atoms with Crippen LogP contribution in [0.1, 0.15) is 245 Å². The number of carbonyl (C=O) groups is 1. The first-order valence-corrected chi connectivity index (χ1v) is 33.1. The van der Waals surface area contributed by atoms with Gasteiger partial charge in [-0.2, -0.15) is 0 Å². The van der Waals surface area contributed by atoms with Gasteiger partial charge in [0, 0.05) is 6.42 Å². The van der Waals surface area contributed by atoms with Crippen LogP contribution in [0.25, 0.3) is 0 Å². The molecule has 0 aromatic carbocycles. The Kier molecular flexibility index (Phi) is 43.0. The number of ether oxygens (including phenoxy) is 6. The Hall–Kier alpha value is -1.73. The van der Waals surface area contributed by atoms with Gasteiger partial charge in [-0.3, -0.25) is 4.79 Å². The van der Waals surface area contributed by atoms with Crippen molar-refractivity contribution in [3.63, 3.8) is 0 Å². The minimum Gasteiger partial charge on any atom is -0.394 e. The number of rotatable bonds is 50. The zero-order chi connectivity index (χ0) is 60.5. The third-order valence-corrected chi connectivity index (χ3v) is 16.8. The molecule has 0 aromatic heterocycles. The van der Waals surface area contributed by atoms with Crippen LogP contribution >= 0.6 is 0 Å². The number of allylic oxidation sites excluding steroid dienone is 3. The quantitative estimate of drug-likeness (QED) is 0.0207. The Morgan fingerprint density at radius 3 is 1.20 bits per heavy atom. The summed E-state index contributed by atoms with van der Waals surface area (Å²) in [5, 5.41) is 120. The average molecular weight is 1190 g/mol. The SMILES string of the molecule is CCCCCCCCCCCCCCCCCCCCC/C=C/CC/C=C/C(O)C(COC1OC(CO)C(OC2OC(CO)C(OC3OC(CO)C(O)C(O)C3O)C(O)C2O)C(O)C1O)NC(=O)CCCCCCCCCCCCCCC. The van der Waals surface area contributed by atoms with Crippen LogP contribution < -0.4 is 5.32 Å². The maximum atomic E-state index is 13.3. The second kappa shape index (κ2) is 47.3. The lowest BCUT2D eigenvalue weighted by Crippen LogP contribution is -2.66. The zero-order valence-electron chi connectivity index (χ0n) is 51.2. The van der Waals surface area contributed by atoms with Crippen molar-refractivity contribution in [2.45, 2.75) is 349 Å². The molecule has 0 aliphatic carbocycles. The molecule has 0 radical (unpaired) electrons. The van der Waals surface area contributed by atoms with Gasteiger partial charge in [-0.25, -0.2) is 0 Å². The highest BCUT2D eigenvalue weighted by atomic mass is 16.8. The summed E-state index contributed by atoms with van der Waals surface area (Å²) in [6, 6.07) is -0.985. The lowest BCUT2D eigenvalue weighted by Gasteiger charge is -2.48. The summed E-state index contributed by atoms with van der Waals surface area (Å²) in [4.78, 5) is 13.3. The highest BCUT2D eigenvalue weighted by Crippen LogP contribution is 2.33. The normalized spacial score (nSPS) is 29.5. The van der Waals surface area contributed by atoms with Crippen molar-refractivity contribution >= 4 is 5.91 Å². The summed E-state index contributed by atoms with van der Waals surface area (Å²) in [6.45, 7) is 1.72. The van der Waals surface area contributed by atoms with E-state index in [-0.39, 0.29) is 18.9 Å². The number of amides is 1. The molecule has 17 atom stereocenters. The number of unbranched alkanes of at least 4 members (excludes halogenated alkanes) is 32. The van der Waals surface area contributed by atoms with E-state index in [0.717, 1.165) is 38.5 Å². The van der Waals surface area contributed by atoms with Crippen LogP contribution in [0.2, 0.25) is 0 Å². The van der Waals surface area contributed by atoms with Crippen molar-refractivity contribution < 1.29 is 89.4 Å². The summed E-state index contributed by atoms with van der Waals surface area (Å²) in [5.41, 5.74) is 0. The molecule has 83 heavy (non-hydrogen) atoms. The third-order valence-electron chi connectivity index (χ3n) is 16.8. The van der Waals surface area contributed by atoms with Crippen LogP contribution in [-0.4, -0.2) is 193 Å². The molecule has 0 saturated carbocycles. The lowest BCUT2D eigenvalue weighted by atomic mass is 9.96. The first kappa shape index (κ1) is 75.5. The van der Waals surface area contributed by atoms with Crippen molar-refractivity contribution in [3.8, 4) is 0 Å². The predicted molar refractivity (Wildman–Crippen MR) is 319 cm³/mol. The number of aliphatic hydroxyl groups is 11. The van der Waals surface area contributed by atoms with Gasteiger partial charge in [0.25, 0.3) is 0 Å². The van der Waals surface area contributed by atoms with Gasteiger partial charge in [-0.1, -0.05) is 231 Å². The van der Waals surface area contributed by atoms with Crippen molar-refractivity contribution in [3.05, 3.63) is 24.3 Å². The van der Waals surface area contributed by atoms with Gasteiger partial charge < -0.3 is 89.9 Å². The fourth-order valence-electron chi connectivity index (χ4n) is 11.3. The molecule has 19 heteroatoms. The highest BCUT2D eigenvalue weighted by molar-refractivity contribution is 5.76. The summed E-state index contributed by atoms with van der Waals surface area (Å²) >= 11 is 0. The maximum absolute atomic E-state index is 13.3. The molecule has 3 saturated heterocycles. The van der Waals surface area contributed by atoms with Crippen molar-refractivity contribution in [1.29, 1.82) is 0 Å². The van der Waals surface area contributed by atoms with Crippen LogP contribution in [0.4, 0.5) is 0 Å². The van der Waals surface area contributed by atoms with E-state index >= 15 is 0 Å². The van der Waals surface area contributed by atoms with E-state index in [9.17, 15) is 61.0 Å². The van der Waals surface area contributed by atoms with E-state index in [2.05, 4.69) is 31.3 Å². The van der Waals surface area contributed by atoms with Crippen LogP contribution in [0.15, 0.2) is 24.3 Å². The lowest BCUT2D eigenvalue weighted by molar-refractivity contribution is -0.379. The van der Waals surface area contributed by atoms with E-state index in [0.29, 0.717) is 12.8 Å². The van der Waals surface area contributed by atoms with Gasteiger partial charge in [0.15, 0.2) is 18.9 Å². The summed E-state index contributed by atoms with van der Waals surface area (Å²) in [5.74, 6) is -0.283. The fourth-order valence-corrected chi connectivity index (χ4v) is 11.3. The average Bonchev–Trinajstić information content (AvgIpc) is 3.67. The molecule has 3 aliphatic rings. The molecule has 488 valence electrons. The number of nitrogens with one attached hydrogen (secondary N) is 1. The number of hydrogen-bond acceptors (Lipinski definition) is 18. The van der Waals surface area contributed by atoms with Crippen molar-refractivity contribution in [2.24, 2.45) is 0 Å². The third kappa shape index (κ3) is 30.4. The molecule has 1 amide bonds. The van der Waals surface area contributed by atoms with Crippen LogP contribution in [0, 0.1) is 0 Å². The van der Waals surface area contributed by atoms with Crippen molar-refractivity contribution in [1.82, 2.24) is 5.32 Å². The minimum atomic E-state index is -1.98. The largest absolute Gasteiger partial charge is 0.394 e. The molecular weight excluding hydrogens is 1070 g/mol. The van der Waals surface area contributed by atoms with Gasteiger partial charge in [0.1, 0.15) is 73.2 Å². The summed E-state index contributed by atoms with van der Waals surface area (Å²) < 4.78 is 34.3. The maximum Gasteiger partial charge on any atom is 0.220 e. The molecule has 0 aromatic rings. The molecule has 3 rings (SSSR count). The van der Waals surface area contributed by atoms with Gasteiger partial charge >= 0.3 is 0 Å². The number of hydrogen-bond donors (Lipinski definition) is 12. The monoisotopic (exact) mass is 1190 g/mol. The molecule has 12 N–H and O–H groups in total. The van der Waals surface area contributed by atoms with Crippen LogP contribution in [-0.2, 0) is 33.2 Å². The number of carbonyl (C=O) groups excluding carboxylic acids is 1. The molecular formula is C64H119NO18. The molecule has 3 fully saturated rings. The van der Waals surface area contributed by atoms with E-state index in [1.165, 1.54) is 173 Å². The first-order chi connectivity index (χ1) is 40.3. The minimum absolute atomic E-state index is 0.240. The van der Waals surface area contributed by atoms with Gasteiger partial charge in [-0.05, 0) is 32.1 Å². The van der Waals surface area contributed by atoms with E-state index in [4.69, 9.17) is 28.4 Å². The van der Waals surface area contributed by atoms with Gasteiger partial charge in [-0.15, -0.1) is 0 Å². The standard InChI is InChI=1S/C64H119NO18/c1-3-5-7-9-11-13-15-17-18-19-20-21-22-23-24-25-26-27-28-30-31-33-35-37-39-41-48(69)47(65-52(70)42-40-38-36-34-32-29-16-14-12-10-8-6-4-2)46-78-62-58(76)55(73)60(50(44-67)80-62)83-64-59(77)56(74)61(51(45-68)81-64)82-63-57(75)54(72)53(71)49(43-66)79-63/h31,33,39,41,47-51,53-64,66-69,71-77H,3-30,32,34-38,40,42-46H2,1-2H3,(H,65,70)/b33-31+,41-39+. The van der Waals surface area contributed by atoms with Crippen molar-refractivity contribution in [2.75, 3.05) is 26.4 Å². The van der Waals surface area contributed by atoms with E-state index in [1.54, 1.807) is 6.08 Å². The fraction of sp³-hybridized carbons (Fsp3) is 0.922. The zero-order valence-corrected chi connectivity index (χ0v) is 51.2. The molecule has 19 nitrogen and oxygen atoms in total. The molecule has 3 aliphatic heterocycles.